The van der Waals surface area contributed by atoms with E-state index in [0.29, 0.717) is 11.5 Å². The van der Waals surface area contributed by atoms with Crippen molar-refractivity contribution in [2.45, 2.75) is 65.0 Å². The van der Waals surface area contributed by atoms with Gasteiger partial charge in [0.05, 0.1) is 0 Å². The Balaban J connectivity index is 1.94. The molecule has 0 aromatic heterocycles. The van der Waals surface area contributed by atoms with Crippen molar-refractivity contribution in [1.29, 1.82) is 0 Å². The van der Waals surface area contributed by atoms with Gasteiger partial charge in [0, 0.05) is 38.4 Å². The second-order valence-electron chi connectivity index (χ2n) is 6.85. The zero-order valence-corrected chi connectivity index (χ0v) is 13.1. The van der Waals surface area contributed by atoms with Crippen LogP contribution in [0.2, 0.25) is 0 Å². The molecule has 19 heavy (non-hydrogen) atoms. The van der Waals surface area contributed by atoms with E-state index in [4.69, 9.17) is 4.74 Å². The van der Waals surface area contributed by atoms with E-state index in [9.17, 15) is 0 Å². The first kappa shape index (κ1) is 15.3. The second-order valence-corrected chi connectivity index (χ2v) is 6.85. The molecule has 3 nitrogen and oxygen atoms in total. The highest BCUT2D eigenvalue weighted by Crippen LogP contribution is 2.35. The Morgan fingerprint density at radius 1 is 1.26 bits per heavy atom. The summed E-state index contributed by atoms with van der Waals surface area (Å²) in [4.78, 5) is 2.76. The maximum atomic E-state index is 5.60. The maximum absolute atomic E-state index is 5.60. The number of hydrogen-bond acceptors (Lipinski definition) is 3. The molecule has 0 unspecified atom stereocenters. The number of nitrogens with zero attached hydrogens (tertiary/aromatic N) is 1. The highest BCUT2D eigenvalue weighted by molar-refractivity contribution is 4.92. The van der Waals surface area contributed by atoms with Crippen LogP contribution in [-0.4, -0.2) is 49.8 Å². The van der Waals surface area contributed by atoms with Crippen molar-refractivity contribution in [2.24, 2.45) is 5.41 Å². The quantitative estimate of drug-likeness (QED) is 0.732. The van der Waals surface area contributed by atoms with Crippen LogP contribution in [0.4, 0.5) is 0 Å². The Kier molecular flexibility index (Phi) is 5.67. The van der Waals surface area contributed by atoms with Crippen LogP contribution in [0.25, 0.3) is 0 Å². The third kappa shape index (κ3) is 4.73. The lowest BCUT2D eigenvalue weighted by atomic mass is 9.79. The van der Waals surface area contributed by atoms with E-state index < -0.39 is 0 Å². The van der Waals surface area contributed by atoms with Crippen LogP contribution in [0, 0.1) is 5.41 Å². The largest absolute Gasteiger partial charge is 0.381 e. The molecule has 2 fully saturated rings. The number of hydrogen-bond donors (Lipinski definition) is 1. The number of ether oxygens (including phenoxy) is 1. The number of rotatable bonds is 8. The molecule has 1 aliphatic heterocycles. The monoisotopic (exact) mass is 268 g/mol. The fourth-order valence-corrected chi connectivity index (χ4v) is 3.16. The van der Waals surface area contributed by atoms with Crippen molar-refractivity contribution in [3.63, 3.8) is 0 Å². The molecular weight excluding hydrogens is 236 g/mol. The SMILES string of the molecule is CCCN(CC1(CNC(C)C)CCOCC1)C1CC1. The summed E-state index contributed by atoms with van der Waals surface area (Å²) < 4.78 is 5.60. The van der Waals surface area contributed by atoms with Gasteiger partial charge in [0.1, 0.15) is 0 Å². The van der Waals surface area contributed by atoms with Crippen molar-refractivity contribution in [3.8, 4) is 0 Å². The lowest BCUT2D eigenvalue weighted by Gasteiger charge is -2.42. The fraction of sp³-hybridized carbons (Fsp3) is 1.00. The van der Waals surface area contributed by atoms with Crippen molar-refractivity contribution in [3.05, 3.63) is 0 Å². The Morgan fingerprint density at radius 2 is 1.95 bits per heavy atom. The standard InChI is InChI=1S/C16H32N2O/c1-4-9-18(15-5-6-15)13-16(12-17-14(2)3)7-10-19-11-8-16/h14-15,17H,4-13H2,1-3H3. The van der Waals surface area contributed by atoms with E-state index in [-0.39, 0.29) is 0 Å². The summed E-state index contributed by atoms with van der Waals surface area (Å²) in [5, 5.41) is 3.68. The van der Waals surface area contributed by atoms with Crippen molar-refractivity contribution in [2.75, 3.05) is 32.8 Å². The highest BCUT2D eigenvalue weighted by atomic mass is 16.5. The van der Waals surface area contributed by atoms with Crippen LogP contribution in [-0.2, 0) is 4.74 Å². The van der Waals surface area contributed by atoms with Crippen LogP contribution >= 0.6 is 0 Å². The minimum absolute atomic E-state index is 0.445. The third-order valence-electron chi connectivity index (χ3n) is 4.55. The lowest BCUT2D eigenvalue weighted by Crippen LogP contribution is -2.49. The Hall–Kier alpha value is -0.120. The molecule has 1 aliphatic carbocycles. The first-order valence-electron chi connectivity index (χ1n) is 8.20. The molecule has 2 aliphatic rings. The molecule has 0 aromatic carbocycles. The zero-order chi connectivity index (χ0) is 13.7. The first-order chi connectivity index (χ1) is 9.15. The molecule has 0 spiro atoms. The molecule has 1 N–H and O–H groups in total. The Morgan fingerprint density at radius 3 is 2.47 bits per heavy atom. The molecule has 0 atom stereocenters. The van der Waals surface area contributed by atoms with E-state index in [1.807, 2.05) is 0 Å². The molecule has 1 saturated heterocycles. The first-order valence-corrected chi connectivity index (χ1v) is 8.20. The molecule has 1 heterocycles. The van der Waals surface area contributed by atoms with Crippen molar-refractivity contribution in [1.82, 2.24) is 10.2 Å². The summed E-state index contributed by atoms with van der Waals surface area (Å²) in [6.07, 6.45) is 6.56. The van der Waals surface area contributed by atoms with Gasteiger partial charge in [-0.2, -0.15) is 0 Å². The zero-order valence-electron chi connectivity index (χ0n) is 13.1. The molecule has 2 rings (SSSR count). The predicted octanol–water partition coefficient (Wildman–Crippen LogP) is 2.66. The maximum Gasteiger partial charge on any atom is 0.0472 e. The van der Waals surface area contributed by atoms with E-state index in [1.54, 1.807) is 0 Å². The summed E-state index contributed by atoms with van der Waals surface area (Å²) in [7, 11) is 0. The smallest absolute Gasteiger partial charge is 0.0472 e. The molecule has 112 valence electrons. The molecular formula is C16H32N2O. The highest BCUT2D eigenvalue weighted by Gasteiger charge is 2.38. The molecule has 0 amide bonds. The Bertz CT molecular complexity index is 257. The van der Waals surface area contributed by atoms with E-state index >= 15 is 0 Å². The van der Waals surface area contributed by atoms with Gasteiger partial charge < -0.3 is 10.1 Å². The molecule has 3 heteroatoms. The molecule has 1 saturated carbocycles. The van der Waals surface area contributed by atoms with Crippen LogP contribution in [0.5, 0.6) is 0 Å². The second kappa shape index (κ2) is 7.05. The predicted molar refractivity (Wildman–Crippen MR) is 80.5 cm³/mol. The van der Waals surface area contributed by atoms with Crippen LogP contribution in [0.1, 0.15) is 52.9 Å². The van der Waals surface area contributed by atoms with Gasteiger partial charge in [0.15, 0.2) is 0 Å². The third-order valence-corrected chi connectivity index (χ3v) is 4.55. The average molecular weight is 268 g/mol. The van der Waals surface area contributed by atoms with Crippen LogP contribution < -0.4 is 5.32 Å². The van der Waals surface area contributed by atoms with Crippen molar-refractivity contribution < 1.29 is 4.74 Å². The van der Waals surface area contributed by atoms with E-state index in [1.165, 1.54) is 45.2 Å². The van der Waals surface area contributed by atoms with Gasteiger partial charge in [-0.15, -0.1) is 0 Å². The molecule has 0 radical (unpaired) electrons. The lowest BCUT2D eigenvalue weighted by molar-refractivity contribution is -0.00669. The molecule has 0 bridgehead atoms. The van der Waals surface area contributed by atoms with Crippen molar-refractivity contribution >= 4 is 0 Å². The van der Waals surface area contributed by atoms with Gasteiger partial charge >= 0.3 is 0 Å². The Labute approximate surface area is 119 Å². The molecule has 0 aromatic rings. The summed E-state index contributed by atoms with van der Waals surface area (Å²) in [6.45, 7) is 12.4. The van der Waals surface area contributed by atoms with Gasteiger partial charge in [0.25, 0.3) is 0 Å². The van der Waals surface area contributed by atoms with Crippen LogP contribution in [0.15, 0.2) is 0 Å². The van der Waals surface area contributed by atoms with E-state index in [2.05, 4.69) is 31.0 Å². The van der Waals surface area contributed by atoms with E-state index in [0.717, 1.165) is 25.8 Å². The van der Waals surface area contributed by atoms with Gasteiger partial charge in [-0.25, -0.2) is 0 Å². The minimum Gasteiger partial charge on any atom is -0.381 e. The minimum atomic E-state index is 0.445. The fourth-order valence-electron chi connectivity index (χ4n) is 3.16. The average Bonchev–Trinajstić information content (AvgIpc) is 3.22. The van der Waals surface area contributed by atoms with Gasteiger partial charge in [-0.3, -0.25) is 4.90 Å². The normalized spacial score (nSPS) is 23.2. The van der Waals surface area contributed by atoms with Crippen LogP contribution in [0.3, 0.4) is 0 Å². The summed E-state index contributed by atoms with van der Waals surface area (Å²) >= 11 is 0. The van der Waals surface area contributed by atoms with Gasteiger partial charge in [-0.05, 0) is 44.1 Å². The van der Waals surface area contributed by atoms with Gasteiger partial charge in [0.2, 0.25) is 0 Å². The summed E-state index contributed by atoms with van der Waals surface area (Å²) in [5.41, 5.74) is 0.445. The summed E-state index contributed by atoms with van der Waals surface area (Å²) in [6, 6.07) is 1.47. The number of nitrogens with one attached hydrogen (secondary N) is 1. The topological polar surface area (TPSA) is 24.5 Å². The summed E-state index contributed by atoms with van der Waals surface area (Å²) in [5.74, 6) is 0. The van der Waals surface area contributed by atoms with Gasteiger partial charge in [-0.1, -0.05) is 20.8 Å².